The van der Waals surface area contributed by atoms with Crippen molar-refractivity contribution < 1.29 is 27.4 Å². The lowest BCUT2D eigenvalue weighted by Gasteiger charge is -2.32. The molecule has 3 heterocycles. The standard InChI is InChI=1S/C34H40N6O6S/c1-20(2)14-25-19-45-32-31(44-7)30(29-22(5)10-8-11-23(29)6)37-34(38-32)39-47(42,43)27-13-9-12-24(15-27)33(41)40(25)18-28-35-16-26(17-36-28)46-21(3)4/h8-13,15-17,20-21,25H,14,18-19H2,1-7H3,(H,37,38,39)/t25-/m1/s1. The topological polar surface area (TPSA) is 146 Å². The number of fused-ring (bicyclic) bond motifs is 4. The van der Waals surface area contributed by atoms with Crippen LogP contribution in [0.2, 0.25) is 0 Å². The fourth-order valence-electron chi connectivity index (χ4n) is 5.54. The number of nitrogens with one attached hydrogen (secondary N) is 1. The van der Waals surface area contributed by atoms with E-state index in [2.05, 4.69) is 38.5 Å². The lowest BCUT2D eigenvalue weighted by atomic mass is 9.99. The number of nitrogens with zero attached hydrogens (tertiary/aromatic N) is 5. The Bertz CT molecular complexity index is 1840. The minimum atomic E-state index is -4.23. The summed E-state index contributed by atoms with van der Waals surface area (Å²) in [5.74, 6) is 0.753. The lowest BCUT2D eigenvalue weighted by molar-refractivity contribution is 0.0543. The number of benzene rings is 2. The Morgan fingerprint density at radius 1 is 1.02 bits per heavy atom. The van der Waals surface area contributed by atoms with E-state index in [1.165, 1.54) is 25.3 Å². The summed E-state index contributed by atoms with van der Waals surface area (Å²) in [6.45, 7) is 11.9. The number of amides is 1. The van der Waals surface area contributed by atoms with E-state index < -0.39 is 22.0 Å². The molecule has 47 heavy (non-hydrogen) atoms. The smallest absolute Gasteiger partial charge is 0.264 e. The number of aromatic nitrogens is 4. The highest BCUT2D eigenvalue weighted by molar-refractivity contribution is 7.92. The molecule has 4 bridgehead atoms. The monoisotopic (exact) mass is 660 g/mol. The zero-order chi connectivity index (χ0) is 33.9. The molecule has 5 rings (SSSR count). The highest BCUT2D eigenvalue weighted by Crippen LogP contribution is 2.40. The van der Waals surface area contributed by atoms with E-state index in [4.69, 9.17) is 14.2 Å². The molecular formula is C34H40N6O6S. The largest absolute Gasteiger partial charge is 0.490 e. The first-order valence-electron chi connectivity index (χ1n) is 15.4. The van der Waals surface area contributed by atoms with Gasteiger partial charge in [0.05, 0.1) is 43.1 Å². The first-order chi connectivity index (χ1) is 22.4. The number of aryl methyl sites for hydroxylation is 2. The zero-order valence-corrected chi connectivity index (χ0v) is 28.5. The summed E-state index contributed by atoms with van der Waals surface area (Å²) in [4.78, 5) is 33.8. The Labute approximate surface area is 275 Å². The van der Waals surface area contributed by atoms with Crippen molar-refractivity contribution >= 4 is 21.9 Å². The summed E-state index contributed by atoms with van der Waals surface area (Å²) in [7, 11) is -2.74. The molecule has 2 aromatic carbocycles. The molecule has 0 saturated heterocycles. The Morgan fingerprint density at radius 2 is 1.70 bits per heavy atom. The molecule has 1 atom stereocenters. The van der Waals surface area contributed by atoms with Gasteiger partial charge in [-0.3, -0.25) is 4.79 Å². The van der Waals surface area contributed by atoms with E-state index in [1.807, 2.05) is 45.9 Å². The number of rotatable bonds is 8. The predicted octanol–water partition coefficient (Wildman–Crippen LogP) is 5.60. The number of carbonyl (C=O) groups is 1. The second kappa shape index (κ2) is 13.9. The van der Waals surface area contributed by atoms with Crippen LogP contribution >= 0.6 is 0 Å². The number of hydrogen-bond acceptors (Lipinski definition) is 10. The first kappa shape index (κ1) is 33.6. The fourth-order valence-corrected chi connectivity index (χ4v) is 6.53. The molecule has 0 spiro atoms. The van der Waals surface area contributed by atoms with Crippen LogP contribution in [0.3, 0.4) is 0 Å². The van der Waals surface area contributed by atoms with Gasteiger partial charge in [0.1, 0.15) is 18.1 Å². The van der Waals surface area contributed by atoms with Crippen molar-refractivity contribution in [1.29, 1.82) is 0 Å². The summed E-state index contributed by atoms with van der Waals surface area (Å²) in [6.07, 6.45) is 3.65. The van der Waals surface area contributed by atoms with E-state index in [0.717, 1.165) is 16.7 Å². The summed E-state index contributed by atoms with van der Waals surface area (Å²) in [5, 5.41) is 0. The van der Waals surface area contributed by atoms with Crippen molar-refractivity contribution in [3.05, 3.63) is 77.4 Å². The molecule has 0 aliphatic carbocycles. The average Bonchev–Trinajstić information content (AvgIpc) is 3.01. The minimum absolute atomic E-state index is 0.0178. The summed E-state index contributed by atoms with van der Waals surface area (Å²) >= 11 is 0. The van der Waals surface area contributed by atoms with Crippen molar-refractivity contribution in [1.82, 2.24) is 24.8 Å². The van der Waals surface area contributed by atoms with Crippen LogP contribution in [0.5, 0.6) is 17.4 Å². The van der Waals surface area contributed by atoms with E-state index in [9.17, 15) is 13.2 Å². The molecule has 2 aromatic heterocycles. The van der Waals surface area contributed by atoms with Crippen LogP contribution in [0.25, 0.3) is 11.3 Å². The van der Waals surface area contributed by atoms with E-state index in [-0.39, 0.29) is 53.2 Å². The van der Waals surface area contributed by atoms with E-state index in [1.54, 1.807) is 23.4 Å². The van der Waals surface area contributed by atoms with Gasteiger partial charge in [0.15, 0.2) is 5.75 Å². The van der Waals surface area contributed by atoms with Gasteiger partial charge >= 0.3 is 0 Å². The Balaban J connectivity index is 1.67. The van der Waals surface area contributed by atoms with Gasteiger partial charge in [0.25, 0.3) is 21.8 Å². The highest BCUT2D eigenvalue weighted by Gasteiger charge is 2.31. The predicted molar refractivity (Wildman–Crippen MR) is 177 cm³/mol. The molecule has 1 aliphatic rings. The quantitative estimate of drug-likeness (QED) is 0.254. The van der Waals surface area contributed by atoms with Crippen LogP contribution in [0.4, 0.5) is 5.95 Å². The summed E-state index contributed by atoms with van der Waals surface area (Å²) < 4.78 is 47.8. The third-order valence-electron chi connectivity index (χ3n) is 7.60. The highest BCUT2D eigenvalue weighted by atomic mass is 32.2. The van der Waals surface area contributed by atoms with Gasteiger partial charge in [0, 0.05) is 11.1 Å². The number of ether oxygens (including phenoxy) is 3. The molecule has 12 nitrogen and oxygen atoms in total. The molecule has 1 aliphatic heterocycles. The van der Waals surface area contributed by atoms with E-state index in [0.29, 0.717) is 23.7 Å². The molecule has 1 N–H and O–H groups in total. The van der Waals surface area contributed by atoms with Gasteiger partial charge in [-0.05, 0) is 69.4 Å². The van der Waals surface area contributed by atoms with Crippen molar-refractivity contribution in [3.8, 4) is 28.6 Å². The number of carbonyl (C=O) groups excluding carboxylic acids is 1. The van der Waals surface area contributed by atoms with Crippen LogP contribution in [0, 0.1) is 19.8 Å². The minimum Gasteiger partial charge on any atom is -0.490 e. The molecule has 4 aromatic rings. The number of methoxy groups -OCH3 is 1. The number of sulfonamides is 1. The Kier molecular flexibility index (Phi) is 9.94. The maximum absolute atomic E-state index is 14.3. The molecule has 0 radical (unpaired) electrons. The average molecular weight is 661 g/mol. The van der Waals surface area contributed by atoms with Gasteiger partial charge in [-0.15, -0.1) is 0 Å². The molecule has 0 unspecified atom stereocenters. The Hall–Kier alpha value is -4.78. The first-order valence-corrected chi connectivity index (χ1v) is 16.9. The summed E-state index contributed by atoms with van der Waals surface area (Å²) in [5.41, 5.74) is 3.14. The molecular weight excluding hydrogens is 620 g/mol. The van der Waals surface area contributed by atoms with Crippen LogP contribution in [-0.2, 0) is 16.6 Å². The number of hydrogen-bond donors (Lipinski definition) is 1. The zero-order valence-electron chi connectivity index (χ0n) is 27.6. The summed E-state index contributed by atoms with van der Waals surface area (Å²) in [6, 6.07) is 11.2. The lowest BCUT2D eigenvalue weighted by Crippen LogP contribution is -2.44. The van der Waals surface area contributed by atoms with Crippen molar-refractivity contribution in [2.24, 2.45) is 5.92 Å². The maximum Gasteiger partial charge on any atom is 0.264 e. The number of anilines is 1. The van der Waals surface area contributed by atoms with Gasteiger partial charge in [-0.2, -0.15) is 4.98 Å². The Morgan fingerprint density at radius 3 is 2.34 bits per heavy atom. The van der Waals surface area contributed by atoms with Gasteiger partial charge in [-0.25, -0.2) is 28.1 Å². The van der Waals surface area contributed by atoms with Gasteiger partial charge in [0.2, 0.25) is 11.7 Å². The third-order valence-corrected chi connectivity index (χ3v) is 8.92. The van der Waals surface area contributed by atoms with Gasteiger partial charge in [-0.1, -0.05) is 38.1 Å². The molecule has 1 amide bonds. The van der Waals surface area contributed by atoms with Crippen molar-refractivity contribution in [2.45, 2.75) is 71.5 Å². The van der Waals surface area contributed by atoms with Crippen molar-refractivity contribution in [3.63, 3.8) is 0 Å². The fraction of sp³-hybridized carbons (Fsp3) is 0.382. The third kappa shape index (κ3) is 7.62. The molecule has 13 heteroatoms. The normalized spacial score (nSPS) is 16.1. The molecule has 248 valence electrons. The second-order valence-electron chi connectivity index (χ2n) is 12.2. The molecule has 0 saturated carbocycles. The van der Waals surface area contributed by atoms with Crippen molar-refractivity contribution in [2.75, 3.05) is 18.4 Å². The SMILES string of the molecule is COc1c2nc(nc1-c1c(C)cccc1C)NS(=O)(=O)c1cccc(c1)C(=O)N(Cc1ncc(OC(C)C)cn1)[C@H](CC(C)C)CO2. The van der Waals surface area contributed by atoms with Crippen LogP contribution in [-0.4, -0.2) is 65.0 Å². The molecule has 0 fully saturated rings. The maximum atomic E-state index is 14.3. The van der Waals surface area contributed by atoms with E-state index >= 15 is 0 Å². The van der Waals surface area contributed by atoms with Crippen LogP contribution in [0.15, 0.2) is 59.8 Å². The van der Waals surface area contributed by atoms with Gasteiger partial charge < -0.3 is 19.1 Å². The van der Waals surface area contributed by atoms with Crippen LogP contribution in [0.1, 0.15) is 61.4 Å². The second-order valence-corrected chi connectivity index (χ2v) is 13.8. The van der Waals surface area contributed by atoms with Crippen LogP contribution < -0.4 is 18.9 Å².